The van der Waals surface area contributed by atoms with Crippen molar-refractivity contribution in [3.8, 4) is 0 Å². The fraction of sp³-hybridized carbons (Fsp3) is 0.0909. The predicted octanol–water partition coefficient (Wildman–Crippen LogP) is 7.31. The van der Waals surface area contributed by atoms with Crippen molar-refractivity contribution in [1.29, 1.82) is 0 Å². The maximum atomic E-state index is 13.3. The number of amides is 3. The Labute approximate surface area is 268 Å². The lowest BCUT2D eigenvalue weighted by molar-refractivity contribution is -0.114. The standard InChI is InChI=1S/C33H27Cl2N3O5S/c1-2-43-33(42)22-11-13-24(14-12-22)36-29(39)20-44-26-17-15-25(16-18-26)37-32(41)28(19-23-9-6-10-27(34)30(23)35)38-31(40)21-7-4-3-5-8-21/h3-19H,2,20H2,1H3,(H,36,39)(H,37,41)(H,38,40)/b28-19-. The minimum atomic E-state index is -0.570. The molecule has 4 aromatic carbocycles. The number of thioether (sulfide) groups is 1. The zero-order valence-electron chi connectivity index (χ0n) is 23.4. The maximum Gasteiger partial charge on any atom is 0.338 e. The number of rotatable bonds is 11. The van der Waals surface area contributed by atoms with Gasteiger partial charge in [0.25, 0.3) is 11.8 Å². The Morgan fingerprint density at radius 2 is 1.43 bits per heavy atom. The Bertz CT molecular complexity index is 1680. The molecule has 44 heavy (non-hydrogen) atoms. The van der Waals surface area contributed by atoms with Crippen LogP contribution < -0.4 is 16.0 Å². The summed E-state index contributed by atoms with van der Waals surface area (Å²) in [5, 5.41) is 8.78. The van der Waals surface area contributed by atoms with Crippen LogP contribution in [0.3, 0.4) is 0 Å². The van der Waals surface area contributed by atoms with Gasteiger partial charge in [0.1, 0.15) is 5.70 Å². The SMILES string of the molecule is CCOC(=O)c1ccc(NC(=O)CSc2ccc(NC(=O)/C(=C/c3cccc(Cl)c3Cl)NC(=O)c3ccccc3)cc2)cc1. The Balaban J connectivity index is 1.38. The van der Waals surface area contributed by atoms with Crippen LogP contribution in [0.4, 0.5) is 11.4 Å². The van der Waals surface area contributed by atoms with Gasteiger partial charge in [-0.1, -0.05) is 53.5 Å². The van der Waals surface area contributed by atoms with Gasteiger partial charge in [0.15, 0.2) is 0 Å². The van der Waals surface area contributed by atoms with Gasteiger partial charge in [-0.25, -0.2) is 4.79 Å². The van der Waals surface area contributed by atoms with E-state index < -0.39 is 17.8 Å². The maximum absolute atomic E-state index is 13.3. The summed E-state index contributed by atoms with van der Waals surface area (Å²) in [6.07, 6.45) is 1.46. The second-order valence-electron chi connectivity index (χ2n) is 9.13. The van der Waals surface area contributed by atoms with Crippen molar-refractivity contribution in [2.45, 2.75) is 11.8 Å². The van der Waals surface area contributed by atoms with Crippen LogP contribution in [0, 0.1) is 0 Å². The number of carbonyl (C=O) groups excluding carboxylic acids is 4. The summed E-state index contributed by atoms with van der Waals surface area (Å²) in [5.41, 5.74) is 2.24. The number of hydrogen-bond donors (Lipinski definition) is 3. The highest BCUT2D eigenvalue weighted by Gasteiger charge is 2.16. The normalized spacial score (nSPS) is 10.9. The van der Waals surface area contributed by atoms with Crippen LogP contribution in [0.2, 0.25) is 10.0 Å². The first-order valence-electron chi connectivity index (χ1n) is 13.4. The van der Waals surface area contributed by atoms with Crippen molar-refractivity contribution in [3.05, 3.63) is 129 Å². The number of esters is 1. The first kappa shape index (κ1) is 32.3. The van der Waals surface area contributed by atoms with Gasteiger partial charge in [-0.05, 0) is 85.3 Å². The lowest BCUT2D eigenvalue weighted by Gasteiger charge is -2.12. The molecule has 0 aliphatic heterocycles. The predicted molar refractivity (Wildman–Crippen MR) is 175 cm³/mol. The third-order valence-electron chi connectivity index (χ3n) is 5.97. The smallest absolute Gasteiger partial charge is 0.338 e. The van der Waals surface area contributed by atoms with Gasteiger partial charge in [0, 0.05) is 21.8 Å². The molecule has 0 aliphatic carbocycles. The van der Waals surface area contributed by atoms with Crippen LogP contribution >= 0.6 is 35.0 Å². The second kappa shape index (κ2) is 15.8. The Kier molecular flexibility index (Phi) is 11.6. The number of anilines is 2. The molecule has 4 aromatic rings. The molecule has 0 spiro atoms. The lowest BCUT2D eigenvalue weighted by atomic mass is 10.1. The first-order chi connectivity index (χ1) is 21.2. The minimum Gasteiger partial charge on any atom is -0.462 e. The highest BCUT2D eigenvalue weighted by atomic mass is 35.5. The fourth-order valence-electron chi connectivity index (χ4n) is 3.81. The molecule has 0 saturated heterocycles. The Hall–Kier alpha value is -4.57. The van der Waals surface area contributed by atoms with E-state index in [9.17, 15) is 19.2 Å². The first-order valence-corrected chi connectivity index (χ1v) is 15.1. The summed E-state index contributed by atoms with van der Waals surface area (Å²) in [5.74, 6) is -1.54. The van der Waals surface area contributed by atoms with E-state index in [2.05, 4.69) is 16.0 Å². The van der Waals surface area contributed by atoms with Crippen molar-refractivity contribution in [2.24, 2.45) is 0 Å². The number of ether oxygens (including phenoxy) is 1. The average molecular weight is 649 g/mol. The number of halogens is 2. The van der Waals surface area contributed by atoms with Crippen molar-refractivity contribution in [1.82, 2.24) is 5.32 Å². The highest BCUT2D eigenvalue weighted by molar-refractivity contribution is 8.00. The molecule has 0 aromatic heterocycles. The molecule has 0 fully saturated rings. The summed E-state index contributed by atoms with van der Waals surface area (Å²) in [6, 6.07) is 26.8. The molecule has 4 rings (SSSR count). The molecule has 224 valence electrons. The summed E-state index contributed by atoms with van der Waals surface area (Å²) in [4.78, 5) is 51.2. The van der Waals surface area contributed by atoms with Gasteiger partial charge in [0.2, 0.25) is 5.91 Å². The van der Waals surface area contributed by atoms with Gasteiger partial charge in [0.05, 0.1) is 28.0 Å². The fourth-order valence-corrected chi connectivity index (χ4v) is 4.87. The molecule has 0 atom stereocenters. The molecule has 0 heterocycles. The van der Waals surface area contributed by atoms with E-state index in [1.807, 2.05) is 0 Å². The number of hydrogen-bond acceptors (Lipinski definition) is 6. The molecule has 0 bridgehead atoms. The number of nitrogens with one attached hydrogen (secondary N) is 3. The van der Waals surface area contributed by atoms with E-state index in [-0.39, 0.29) is 29.0 Å². The zero-order valence-corrected chi connectivity index (χ0v) is 25.8. The van der Waals surface area contributed by atoms with Crippen LogP contribution in [-0.2, 0) is 14.3 Å². The molecule has 0 aliphatic rings. The zero-order chi connectivity index (χ0) is 31.5. The second-order valence-corrected chi connectivity index (χ2v) is 11.0. The van der Waals surface area contributed by atoms with Gasteiger partial charge in [-0.15, -0.1) is 11.8 Å². The lowest BCUT2D eigenvalue weighted by Crippen LogP contribution is -2.30. The molecule has 0 radical (unpaired) electrons. The molecule has 0 unspecified atom stereocenters. The van der Waals surface area contributed by atoms with Crippen LogP contribution in [-0.4, -0.2) is 36.1 Å². The monoisotopic (exact) mass is 647 g/mol. The van der Waals surface area contributed by atoms with E-state index in [0.29, 0.717) is 33.1 Å². The van der Waals surface area contributed by atoms with Gasteiger partial charge < -0.3 is 20.7 Å². The summed E-state index contributed by atoms with van der Waals surface area (Å²) < 4.78 is 4.96. The van der Waals surface area contributed by atoms with Crippen LogP contribution in [0.25, 0.3) is 6.08 Å². The number of carbonyl (C=O) groups is 4. The molecule has 8 nitrogen and oxygen atoms in total. The van der Waals surface area contributed by atoms with Crippen molar-refractivity contribution < 1.29 is 23.9 Å². The molecular weight excluding hydrogens is 621 g/mol. The van der Waals surface area contributed by atoms with E-state index in [1.165, 1.54) is 17.8 Å². The third-order valence-corrected chi connectivity index (χ3v) is 7.82. The molecule has 11 heteroatoms. The minimum absolute atomic E-state index is 0.0339. The summed E-state index contributed by atoms with van der Waals surface area (Å²) >= 11 is 13.8. The van der Waals surface area contributed by atoms with E-state index >= 15 is 0 Å². The van der Waals surface area contributed by atoms with Crippen molar-refractivity contribution in [2.75, 3.05) is 23.0 Å². The van der Waals surface area contributed by atoms with Crippen molar-refractivity contribution in [3.63, 3.8) is 0 Å². The van der Waals surface area contributed by atoms with Crippen LogP contribution in [0.1, 0.15) is 33.2 Å². The van der Waals surface area contributed by atoms with E-state index in [0.717, 1.165) is 4.90 Å². The molecule has 3 amide bonds. The molecule has 3 N–H and O–H groups in total. The topological polar surface area (TPSA) is 114 Å². The largest absolute Gasteiger partial charge is 0.462 e. The van der Waals surface area contributed by atoms with Gasteiger partial charge in [-0.2, -0.15) is 0 Å². The Morgan fingerprint density at radius 1 is 0.773 bits per heavy atom. The third kappa shape index (κ3) is 9.21. The Morgan fingerprint density at radius 3 is 2.11 bits per heavy atom. The van der Waals surface area contributed by atoms with E-state index in [4.69, 9.17) is 27.9 Å². The quantitative estimate of drug-likeness (QED) is 0.0893. The summed E-state index contributed by atoms with van der Waals surface area (Å²) in [7, 11) is 0. The molecular formula is C33H27Cl2N3O5S. The highest BCUT2D eigenvalue weighted by Crippen LogP contribution is 2.27. The number of benzene rings is 4. The average Bonchev–Trinajstić information content (AvgIpc) is 3.03. The summed E-state index contributed by atoms with van der Waals surface area (Å²) in [6.45, 7) is 2.02. The molecule has 0 saturated carbocycles. The van der Waals surface area contributed by atoms with Crippen LogP contribution in [0.5, 0.6) is 0 Å². The van der Waals surface area contributed by atoms with Crippen LogP contribution in [0.15, 0.2) is 108 Å². The van der Waals surface area contributed by atoms with Gasteiger partial charge >= 0.3 is 5.97 Å². The van der Waals surface area contributed by atoms with Crippen molar-refractivity contribution >= 4 is 76.1 Å². The van der Waals surface area contributed by atoms with Gasteiger partial charge in [-0.3, -0.25) is 14.4 Å². The van der Waals surface area contributed by atoms with E-state index in [1.54, 1.807) is 104 Å².